The van der Waals surface area contributed by atoms with E-state index in [1.807, 2.05) is 49.3 Å². The normalized spacial score (nSPS) is 10.3. The predicted molar refractivity (Wildman–Crippen MR) is 88.5 cm³/mol. The summed E-state index contributed by atoms with van der Waals surface area (Å²) in [6.45, 7) is 0. The van der Waals surface area contributed by atoms with Gasteiger partial charge in [-0.1, -0.05) is 11.2 Å². The van der Waals surface area contributed by atoms with Crippen molar-refractivity contribution in [3.05, 3.63) is 60.3 Å². The quantitative estimate of drug-likeness (QED) is 0.802. The SMILES string of the molecule is CN(C)c1ccc(C(=O)Nc2cc(-c3ccccn3)no2)cc1. The molecule has 0 saturated carbocycles. The van der Waals surface area contributed by atoms with Crippen molar-refractivity contribution in [2.45, 2.75) is 0 Å². The first-order valence-electron chi connectivity index (χ1n) is 7.10. The van der Waals surface area contributed by atoms with Crippen molar-refractivity contribution >= 4 is 17.5 Å². The zero-order valence-corrected chi connectivity index (χ0v) is 12.9. The highest BCUT2D eigenvalue weighted by molar-refractivity contribution is 6.03. The van der Waals surface area contributed by atoms with E-state index in [-0.39, 0.29) is 11.8 Å². The second-order valence-corrected chi connectivity index (χ2v) is 5.19. The number of nitrogens with zero attached hydrogens (tertiary/aromatic N) is 3. The molecule has 2 heterocycles. The van der Waals surface area contributed by atoms with Crippen molar-refractivity contribution < 1.29 is 9.32 Å². The molecule has 0 spiro atoms. The largest absolute Gasteiger partial charge is 0.378 e. The van der Waals surface area contributed by atoms with Crippen molar-refractivity contribution in [3.63, 3.8) is 0 Å². The standard InChI is InChI=1S/C17H16N4O2/c1-21(2)13-8-6-12(7-9-13)17(22)19-16-11-15(20-23-16)14-5-3-4-10-18-14/h3-11H,1-2H3,(H,19,22). The smallest absolute Gasteiger partial charge is 0.258 e. The maximum atomic E-state index is 12.2. The number of nitrogens with one attached hydrogen (secondary N) is 1. The second-order valence-electron chi connectivity index (χ2n) is 5.19. The van der Waals surface area contributed by atoms with Crippen molar-refractivity contribution in [1.29, 1.82) is 0 Å². The zero-order valence-electron chi connectivity index (χ0n) is 12.9. The number of carbonyl (C=O) groups is 1. The van der Waals surface area contributed by atoms with Gasteiger partial charge in [-0.2, -0.15) is 0 Å². The van der Waals surface area contributed by atoms with E-state index in [0.717, 1.165) is 5.69 Å². The lowest BCUT2D eigenvalue weighted by Gasteiger charge is -2.12. The minimum atomic E-state index is -0.251. The fourth-order valence-corrected chi connectivity index (χ4v) is 2.06. The van der Waals surface area contributed by atoms with Gasteiger partial charge in [-0.3, -0.25) is 15.1 Å². The van der Waals surface area contributed by atoms with Gasteiger partial charge in [0.05, 0.1) is 5.69 Å². The molecule has 0 aliphatic rings. The molecule has 1 N–H and O–H groups in total. The van der Waals surface area contributed by atoms with Gasteiger partial charge >= 0.3 is 0 Å². The molecule has 0 atom stereocenters. The van der Waals surface area contributed by atoms with Crippen LogP contribution >= 0.6 is 0 Å². The predicted octanol–water partition coefficient (Wildman–Crippen LogP) is 3.05. The third-order valence-corrected chi connectivity index (χ3v) is 3.32. The van der Waals surface area contributed by atoms with Gasteiger partial charge < -0.3 is 9.42 Å². The maximum absolute atomic E-state index is 12.2. The first-order valence-corrected chi connectivity index (χ1v) is 7.10. The molecular weight excluding hydrogens is 292 g/mol. The van der Waals surface area contributed by atoms with Crippen LogP contribution in [0.1, 0.15) is 10.4 Å². The molecule has 3 rings (SSSR count). The van der Waals surface area contributed by atoms with Crippen LogP contribution in [-0.2, 0) is 0 Å². The maximum Gasteiger partial charge on any atom is 0.258 e. The highest BCUT2D eigenvalue weighted by Gasteiger charge is 2.12. The van der Waals surface area contributed by atoms with E-state index in [4.69, 9.17) is 4.52 Å². The number of benzene rings is 1. The molecule has 0 radical (unpaired) electrons. The lowest BCUT2D eigenvalue weighted by atomic mass is 10.2. The number of hydrogen-bond donors (Lipinski definition) is 1. The molecule has 2 aromatic heterocycles. The Bertz CT molecular complexity index is 795. The Labute approximate surface area is 133 Å². The van der Waals surface area contributed by atoms with E-state index in [1.54, 1.807) is 24.4 Å². The topological polar surface area (TPSA) is 71.3 Å². The molecule has 0 aliphatic heterocycles. The van der Waals surface area contributed by atoms with E-state index in [2.05, 4.69) is 15.5 Å². The third kappa shape index (κ3) is 3.37. The number of anilines is 2. The summed E-state index contributed by atoms with van der Waals surface area (Å²) in [6, 6.07) is 14.5. The van der Waals surface area contributed by atoms with Gasteiger partial charge in [-0.05, 0) is 36.4 Å². The van der Waals surface area contributed by atoms with Gasteiger partial charge in [0.15, 0.2) is 0 Å². The third-order valence-electron chi connectivity index (χ3n) is 3.32. The van der Waals surface area contributed by atoms with Crippen LogP contribution in [0.2, 0.25) is 0 Å². The molecular formula is C17H16N4O2. The summed E-state index contributed by atoms with van der Waals surface area (Å²) in [4.78, 5) is 18.4. The van der Waals surface area contributed by atoms with Gasteiger partial charge in [0, 0.05) is 37.6 Å². The molecule has 0 bridgehead atoms. The summed E-state index contributed by atoms with van der Waals surface area (Å²) in [5, 5.41) is 6.60. The molecule has 0 aliphatic carbocycles. The fraction of sp³-hybridized carbons (Fsp3) is 0.118. The Balaban J connectivity index is 1.72. The van der Waals surface area contributed by atoms with Crippen LogP contribution in [0.4, 0.5) is 11.6 Å². The Morgan fingerprint density at radius 3 is 2.52 bits per heavy atom. The molecule has 6 heteroatoms. The van der Waals surface area contributed by atoms with Crippen molar-refractivity contribution in [2.75, 3.05) is 24.3 Å². The molecule has 23 heavy (non-hydrogen) atoms. The molecule has 3 aromatic rings. The van der Waals surface area contributed by atoms with Crippen molar-refractivity contribution in [3.8, 4) is 11.4 Å². The molecule has 0 fully saturated rings. The van der Waals surface area contributed by atoms with Crippen LogP contribution in [0.5, 0.6) is 0 Å². The number of hydrogen-bond acceptors (Lipinski definition) is 5. The molecule has 0 saturated heterocycles. The highest BCUT2D eigenvalue weighted by atomic mass is 16.5. The Hall–Kier alpha value is -3.15. The minimum absolute atomic E-state index is 0.251. The van der Waals surface area contributed by atoms with Gasteiger partial charge in [-0.25, -0.2) is 0 Å². The number of amides is 1. The Morgan fingerprint density at radius 1 is 1.09 bits per heavy atom. The number of aromatic nitrogens is 2. The molecule has 6 nitrogen and oxygen atoms in total. The molecule has 1 aromatic carbocycles. The lowest BCUT2D eigenvalue weighted by molar-refractivity contribution is 0.102. The first kappa shape index (κ1) is 14.8. The van der Waals surface area contributed by atoms with E-state index in [9.17, 15) is 4.79 Å². The number of pyridine rings is 1. The van der Waals surface area contributed by atoms with Crippen LogP contribution in [0.25, 0.3) is 11.4 Å². The molecule has 0 unspecified atom stereocenters. The van der Waals surface area contributed by atoms with Crippen LogP contribution in [-0.4, -0.2) is 30.1 Å². The van der Waals surface area contributed by atoms with Gasteiger partial charge in [0.1, 0.15) is 5.69 Å². The molecule has 1 amide bonds. The van der Waals surface area contributed by atoms with Crippen LogP contribution in [0.3, 0.4) is 0 Å². The Kier molecular flexibility index (Phi) is 4.05. The summed E-state index contributed by atoms with van der Waals surface area (Å²) in [5.41, 5.74) is 2.83. The zero-order chi connectivity index (χ0) is 16.2. The Morgan fingerprint density at radius 2 is 1.87 bits per heavy atom. The summed E-state index contributed by atoms with van der Waals surface area (Å²) in [7, 11) is 3.89. The molecule has 116 valence electrons. The fourth-order valence-electron chi connectivity index (χ4n) is 2.06. The van der Waals surface area contributed by atoms with Crippen molar-refractivity contribution in [2.24, 2.45) is 0 Å². The summed E-state index contributed by atoms with van der Waals surface area (Å²) >= 11 is 0. The number of rotatable bonds is 4. The van der Waals surface area contributed by atoms with Crippen molar-refractivity contribution in [1.82, 2.24) is 10.1 Å². The number of carbonyl (C=O) groups excluding carboxylic acids is 1. The van der Waals surface area contributed by atoms with E-state index in [0.29, 0.717) is 17.0 Å². The average Bonchev–Trinajstić information content (AvgIpc) is 3.04. The monoisotopic (exact) mass is 308 g/mol. The summed E-state index contributed by atoms with van der Waals surface area (Å²) < 4.78 is 5.14. The van der Waals surface area contributed by atoms with Crippen LogP contribution in [0, 0.1) is 0 Å². The second kappa shape index (κ2) is 6.31. The van der Waals surface area contributed by atoms with E-state index >= 15 is 0 Å². The lowest BCUT2D eigenvalue weighted by Crippen LogP contribution is -2.12. The van der Waals surface area contributed by atoms with Crippen LogP contribution in [0.15, 0.2) is 59.3 Å². The summed E-state index contributed by atoms with van der Waals surface area (Å²) in [5.74, 6) is 0.0337. The summed E-state index contributed by atoms with van der Waals surface area (Å²) in [6.07, 6.45) is 1.68. The minimum Gasteiger partial charge on any atom is -0.378 e. The highest BCUT2D eigenvalue weighted by Crippen LogP contribution is 2.20. The van der Waals surface area contributed by atoms with Gasteiger partial charge in [-0.15, -0.1) is 0 Å². The van der Waals surface area contributed by atoms with Gasteiger partial charge in [0.25, 0.3) is 5.91 Å². The van der Waals surface area contributed by atoms with E-state index < -0.39 is 0 Å². The van der Waals surface area contributed by atoms with Crippen LogP contribution < -0.4 is 10.2 Å². The first-order chi connectivity index (χ1) is 11.1. The van der Waals surface area contributed by atoms with Gasteiger partial charge in [0.2, 0.25) is 5.88 Å². The van der Waals surface area contributed by atoms with E-state index in [1.165, 1.54) is 0 Å². The average molecular weight is 308 g/mol.